The van der Waals surface area contributed by atoms with Crippen LogP contribution >= 0.6 is 0 Å². The zero-order valence-electron chi connectivity index (χ0n) is 12.5. The van der Waals surface area contributed by atoms with Gasteiger partial charge in [0.2, 0.25) is 10.0 Å². The van der Waals surface area contributed by atoms with E-state index in [0.717, 1.165) is 29.4 Å². The molecule has 0 radical (unpaired) electrons. The maximum absolute atomic E-state index is 12.3. The second-order valence-electron chi connectivity index (χ2n) is 5.61. The van der Waals surface area contributed by atoms with Crippen molar-refractivity contribution in [1.29, 1.82) is 0 Å². The van der Waals surface area contributed by atoms with E-state index in [-0.39, 0.29) is 23.1 Å². The summed E-state index contributed by atoms with van der Waals surface area (Å²) < 4.78 is 25.8. The van der Waals surface area contributed by atoms with Gasteiger partial charge in [-0.1, -0.05) is 6.07 Å². The molecule has 1 unspecified atom stereocenters. The number of nitrogens with two attached hydrogens (primary N) is 1. The minimum atomic E-state index is -3.56. The Hall–Kier alpha value is -1.31. The van der Waals surface area contributed by atoms with Gasteiger partial charge in [0.05, 0.1) is 11.4 Å². The first kappa shape index (κ1) is 16.1. The van der Waals surface area contributed by atoms with Crippen LogP contribution < -0.4 is 10.6 Å². The van der Waals surface area contributed by atoms with Crippen LogP contribution in [0.2, 0.25) is 0 Å². The van der Waals surface area contributed by atoms with Crippen LogP contribution in [0.1, 0.15) is 12.8 Å². The molecule has 1 aromatic carbocycles. The van der Waals surface area contributed by atoms with Crippen molar-refractivity contribution in [2.24, 2.45) is 5.92 Å². The van der Waals surface area contributed by atoms with E-state index in [1.165, 1.54) is 20.2 Å². The smallest absolute Gasteiger partial charge is 0.244 e. The molecule has 0 bridgehead atoms. The predicted octanol–water partition coefficient (Wildman–Crippen LogP) is 0.728. The zero-order chi connectivity index (χ0) is 15.6. The number of nitrogen functional groups attached to an aromatic ring is 1. The van der Waals surface area contributed by atoms with E-state index in [1.807, 2.05) is 6.07 Å². The predicted molar refractivity (Wildman–Crippen MR) is 83.8 cm³/mol. The highest BCUT2D eigenvalue weighted by molar-refractivity contribution is 7.89. The van der Waals surface area contributed by atoms with Gasteiger partial charge in [-0.05, 0) is 30.9 Å². The van der Waals surface area contributed by atoms with E-state index in [4.69, 9.17) is 5.73 Å². The molecule has 0 aliphatic carbocycles. The van der Waals surface area contributed by atoms with Crippen molar-refractivity contribution in [3.63, 3.8) is 0 Å². The molecule has 1 aliphatic heterocycles. The highest BCUT2D eigenvalue weighted by Gasteiger charge is 2.26. The molecule has 0 amide bonds. The van der Waals surface area contributed by atoms with E-state index in [2.05, 4.69) is 4.90 Å². The summed E-state index contributed by atoms with van der Waals surface area (Å²) in [6.07, 6.45) is 1.96. The van der Waals surface area contributed by atoms with E-state index >= 15 is 0 Å². The number of nitrogens with zero attached hydrogens (tertiary/aromatic N) is 2. The second kappa shape index (κ2) is 6.21. The first-order valence-electron chi connectivity index (χ1n) is 7.04. The zero-order valence-corrected chi connectivity index (χ0v) is 13.3. The first-order valence-corrected chi connectivity index (χ1v) is 8.48. The summed E-state index contributed by atoms with van der Waals surface area (Å²) in [7, 11) is -0.575. The lowest BCUT2D eigenvalue weighted by atomic mass is 9.98. The molecule has 3 N–H and O–H groups in total. The highest BCUT2D eigenvalue weighted by Crippen LogP contribution is 2.33. The first-order chi connectivity index (χ1) is 9.87. The van der Waals surface area contributed by atoms with Gasteiger partial charge in [-0.15, -0.1) is 0 Å². The average molecular weight is 313 g/mol. The van der Waals surface area contributed by atoms with Crippen molar-refractivity contribution < 1.29 is 13.5 Å². The quantitative estimate of drug-likeness (QED) is 0.800. The molecule has 2 rings (SSSR count). The fourth-order valence-corrected chi connectivity index (χ4v) is 3.69. The SMILES string of the molecule is CN(C)S(=O)(=O)c1cccc(N2CCCC(CO)C2)c1N. The fourth-order valence-electron chi connectivity index (χ4n) is 2.66. The van der Waals surface area contributed by atoms with Crippen molar-refractivity contribution in [3.05, 3.63) is 18.2 Å². The van der Waals surface area contributed by atoms with E-state index in [1.54, 1.807) is 6.07 Å². The summed E-state index contributed by atoms with van der Waals surface area (Å²) >= 11 is 0. The Balaban J connectivity index is 2.39. The topological polar surface area (TPSA) is 86.9 Å². The van der Waals surface area contributed by atoms with Crippen LogP contribution in [-0.2, 0) is 10.0 Å². The summed E-state index contributed by atoms with van der Waals surface area (Å²) in [6, 6.07) is 5.08. The second-order valence-corrected chi connectivity index (χ2v) is 7.73. The minimum Gasteiger partial charge on any atom is -0.396 e. The maximum atomic E-state index is 12.3. The third kappa shape index (κ3) is 3.14. The number of aliphatic hydroxyl groups is 1. The van der Waals surface area contributed by atoms with Crippen molar-refractivity contribution in [1.82, 2.24) is 4.31 Å². The number of sulfonamides is 1. The van der Waals surface area contributed by atoms with Gasteiger partial charge in [0.1, 0.15) is 4.90 Å². The molecule has 7 heteroatoms. The molecule has 0 saturated carbocycles. The van der Waals surface area contributed by atoms with Crippen molar-refractivity contribution in [2.45, 2.75) is 17.7 Å². The molecule has 1 aliphatic rings. The summed E-state index contributed by atoms with van der Waals surface area (Å²) in [5, 5.41) is 9.32. The number of piperidine rings is 1. The fraction of sp³-hybridized carbons (Fsp3) is 0.571. The van der Waals surface area contributed by atoms with Crippen LogP contribution in [0.15, 0.2) is 23.1 Å². The van der Waals surface area contributed by atoms with Gasteiger partial charge in [-0.2, -0.15) is 0 Å². The normalized spacial score (nSPS) is 20.0. The lowest BCUT2D eigenvalue weighted by Gasteiger charge is -2.34. The van der Waals surface area contributed by atoms with Gasteiger partial charge in [0, 0.05) is 33.8 Å². The van der Waals surface area contributed by atoms with E-state index in [0.29, 0.717) is 6.54 Å². The largest absolute Gasteiger partial charge is 0.396 e. The molecular weight excluding hydrogens is 290 g/mol. The lowest BCUT2D eigenvalue weighted by Crippen LogP contribution is -2.37. The lowest BCUT2D eigenvalue weighted by molar-refractivity contribution is 0.209. The molecule has 1 atom stereocenters. The summed E-state index contributed by atoms with van der Waals surface area (Å²) in [6.45, 7) is 1.67. The third-order valence-electron chi connectivity index (χ3n) is 3.92. The van der Waals surface area contributed by atoms with Crippen molar-refractivity contribution in [2.75, 3.05) is 44.4 Å². The molecule has 0 aromatic heterocycles. The van der Waals surface area contributed by atoms with Crippen LogP contribution in [0.3, 0.4) is 0 Å². The number of hydrogen-bond donors (Lipinski definition) is 2. The molecule has 118 valence electrons. The molecule has 1 heterocycles. The van der Waals surface area contributed by atoms with Gasteiger partial charge in [0.15, 0.2) is 0 Å². The number of aliphatic hydroxyl groups excluding tert-OH is 1. The summed E-state index contributed by atoms with van der Waals surface area (Å²) in [5.74, 6) is 0.215. The molecule has 21 heavy (non-hydrogen) atoms. The molecule has 1 saturated heterocycles. The number of para-hydroxylation sites is 1. The Morgan fingerprint density at radius 1 is 1.43 bits per heavy atom. The van der Waals surface area contributed by atoms with Crippen LogP contribution in [0.25, 0.3) is 0 Å². The summed E-state index contributed by atoms with van der Waals surface area (Å²) in [5.41, 5.74) is 7.13. The summed E-state index contributed by atoms with van der Waals surface area (Å²) in [4.78, 5) is 2.20. The monoisotopic (exact) mass is 313 g/mol. The number of rotatable bonds is 4. The maximum Gasteiger partial charge on any atom is 0.244 e. The Morgan fingerprint density at radius 2 is 2.14 bits per heavy atom. The number of anilines is 2. The van der Waals surface area contributed by atoms with Crippen LogP contribution in [0.4, 0.5) is 11.4 Å². The Labute approximate surface area is 126 Å². The molecule has 0 spiro atoms. The van der Waals surface area contributed by atoms with Crippen molar-refractivity contribution in [3.8, 4) is 0 Å². The van der Waals surface area contributed by atoms with Gasteiger partial charge >= 0.3 is 0 Å². The molecule has 1 aromatic rings. The number of benzene rings is 1. The van der Waals surface area contributed by atoms with Crippen LogP contribution in [0.5, 0.6) is 0 Å². The van der Waals surface area contributed by atoms with E-state index < -0.39 is 10.0 Å². The van der Waals surface area contributed by atoms with E-state index in [9.17, 15) is 13.5 Å². The number of hydrogen-bond acceptors (Lipinski definition) is 5. The van der Waals surface area contributed by atoms with Gasteiger partial charge < -0.3 is 15.7 Å². The van der Waals surface area contributed by atoms with Gasteiger partial charge in [0.25, 0.3) is 0 Å². The van der Waals surface area contributed by atoms with Crippen LogP contribution in [0, 0.1) is 5.92 Å². The molecule has 6 nitrogen and oxygen atoms in total. The molecule has 1 fully saturated rings. The van der Waals surface area contributed by atoms with Crippen molar-refractivity contribution >= 4 is 21.4 Å². The van der Waals surface area contributed by atoms with Gasteiger partial charge in [-0.25, -0.2) is 12.7 Å². The Kier molecular flexibility index (Phi) is 4.75. The third-order valence-corrected chi connectivity index (χ3v) is 5.79. The Morgan fingerprint density at radius 3 is 2.76 bits per heavy atom. The standard InChI is InChI=1S/C14H23N3O3S/c1-16(2)21(19,20)13-7-3-6-12(14(13)15)17-8-4-5-11(9-17)10-18/h3,6-7,11,18H,4-5,8-10,15H2,1-2H3. The van der Waals surface area contributed by atoms with Gasteiger partial charge in [-0.3, -0.25) is 0 Å². The van der Waals surface area contributed by atoms with Crippen LogP contribution in [-0.4, -0.2) is 51.6 Å². The average Bonchev–Trinajstić information content (AvgIpc) is 2.47. The highest BCUT2D eigenvalue weighted by atomic mass is 32.2. The Bertz CT molecular complexity index is 601. The minimum absolute atomic E-state index is 0.135. The molecular formula is C14H23N3O3S.